The van der Waals surface area contributed by atoms with E-state index in [4.69, 9.17) is 15.2 Å². The lowest BCUT2D eigenvalue weighted by Crippen LogP contribution is -2.56. The van der Waals surface area contributed by atoms with Crippen LogP contribution in [0.15, 0.2) is 12.1 Å². The van der Waals surface area contributed by atoms with Crippen LogP contribution >= 0.6 is 0 Å². The SMILES string of the molecule is COc1cc(C)cc(C)c1C1(C2(CN)CC2)COC1. The van der Waals surface area contributed by atoms with Crippen LogP contribution in [0.1, 0.15) is 29.5 Å². The summed E-state index contributed by atoms with van der Waals surface area (Å²) in [6.45, 7) is 6.60. The lowest BCUT2D eigenvalue weighted by Gasteiger charge is -2.49. The van der Waals surface area contributed by atoms with Gasteiger partial charge in [-0.1, -0.05) is 6.07 Å². The van der Waals surface area contributed by atoms with Crippen molar-refractivity contribution in [3.63, 3.8) is 0 Å². The van der Waals surface area contributed by atoms with Crippen molar-refractivity contribution in [1.82, 2.24) is 0 Å². The summed E-state index contributed by atoms with van der Waals surface area (Å²) < 4.78 is 11.3. The minimum atomic E-state index is 0.0743. The van der Waals surface area contributed by atoms with Crippen LogP contribution in [0.2, 0.25) is 0 Å². The molecule has 2 N–H and O–H groups in total. The van der Waals surface area contributed by atoms with Crippen molar-refractivity contribution in [2.24, 2.45) is 11.1 Å². The predicted octanol–water partition coefficient (Wildman–Crippen LogP) is 2.32. The summed E-state index contributed by atoms with van der Waals surface area (Å²) in [5.74, 6) is 1.00. The van der Waals surface area contributed by atoms with Crippen LogP contribution in [0.25, 0.3) is 0 Å². The molecule has 1 aliphatic heterocycles. The summed E-state index contributed by atoms with van der Waals surface area (Å²) in [6, 6.07) is 4.37. The van der Waals surface area contributed by atoms with Gasteiger partial charge in [-0.05, 0) is 55.8 Å². The first-order valence-electron chi connectivity index (χ1n) is 7.02. The largest absolute Gasteiger partial charge is 0.496 e. The number of benzene rings is 1. The minimum Gasteiger partial charge on any atom is -0.496 e. The van der Waals surface area contributed by atoms with E-state index in [9.17, 15) is 0 Å². The normalized spacial score (nSPS) is 22.7. The molecule has 0 unspecified atom stereocenters. The fourth-order valence-corrected chi connectivity index (χ4v) is 3.75. The zero-order valence-electron chi connectivity index (χ0n) is 12.1. The van der Waals surface area contributed by atoms with Gasteiger partial charge < -0.3 is 15.2 Å². The molecular formula is C16H23NO2. The molecule has 0 aromatic heterocycles. The Kier molecular flexibility index (Phi) is 2.88. The number of rotatable bonds is 4. The first kappa shape index (κ1) is 12.9. The van der Waals surface area contributed by atoms with E-state index in [2.05, 4.69) is 26.0 Å². The van der Waals surface area contributed by atoms with Gasteiger partial charge in [0, 0.05) is 5.56 Å². The Balaban J connectivity index is 2.15. The molecular weight excluding hydrogens is 238 g/mol. The molecule has 104 valence electrons. The van der Waals surface area contributed by atoms with Gasteiger partial charge in [0.05, 0.1) is 25.7 Å². The molecule has 3 heteroatoms. The molecule has 0 atom stereocenters. The first-order valence-corrected chi connectivity index (χ1v) is 7.02. The highest BCUT2D eigenvalue weighted by Crippen LogP contribution is 2.63. The highest BCUT2D eigenvalue weighted by atomic mass is 16.5. The molecule has 2 aliphatic rings. The Morgan fingerprint density at radius 2 is 1.95 bits per heavy atom. The van der Waals surface area contributed by atoms with E-state index in [0.29, 0.717) is 0 Å². The third-order valence-corrected chi connectivity index (χ3v) is 5.10. The van der Waals surface area contributed by atoms with E-state index in [-0.39, 0.29) is 10.8 Å². The van der Waals surface area contributed by atoms with Gasteiger partial charge in [0.2, 0.25) is 0 Å². The Labute approximate surface area is 115 Å². The van der Waals surface area contributed by atoms with Crippen molar-refractivity contribution in [3.05, 3.63) is 28.8 Å². The van der Waals surface area contributed by atoms with E-state index in [1.807, 2.05) is 0 Å². The highest BCUT2D eigenvalue weighted by Gasteiger charge is 2.63. The van der Waals surface area contributed by atoms with Crippen LogP contribution < -0.4 is 10.5 Å². The van der Waals surface area contributed by atoms with Gasteiger partial charge in [0.1, 0.15) is 5.75 Å². The zero-order valence-corrected chi connectivity index (χ0v) is 12.1. The third kappa shape index (κ3) is 1.65. The monoisotopic (exact) mass is 261 g/mol. The molecule has 0 radical (unpaired) electrons. The lowest BCUT2D eigenvalue weighted by atomic mass is 9.64. The molecule has 3 nitrogen and oxygen atoms in total. The van der Waals surface area contributed by atoms with Gasteiger partial charge in [-0.15, -0.1) is 0 Å². The first-order chi connectivity index (χ1) is 9.08. The van der Waals surface area contributed by atoms with Crippen LogP contribution in [0.5, 0.6) is 5.75 Å². The Bertz CT molecular complexity index is 502. The summed E-state index contributed by atoms with van der Waals surface area (Å²) in [4.78, 5) is 0. The van der Waals surface area contributed by atoms with Gasteiger partial charge in [-0.2, -0.15) is 0 Å². The van der Waals surface area contributed by atoms with Gasteiger partial charge >= 0.3 is 0 Å². The third-order valence-electron chi connectivity index (χ3n) is 5.10. The number of methoxy groups -OCH3 is 1. The maximum Gasteiger partial charge on any atom is 0.123 e. The maximum absolute atomic E-state index is 6.08. The van der Waals surface area contributed by atoms with Gasteiger partial charge in [-0.3, -0.25) is 0 Å². The van der Waals surface area contributed by atoms with Crippen molar-refractivity contribution in [2.75, 3.05) is 26.9 Å². The Hall–Kier alpha value is -1.06. The molecule has 1 aromatic rings. The van der Waals surface area contributed by atoms with Crippen molar-refractivity contribution in [1.29, 1.82) is 0 Å². The van der Waals surface area contributed by atoms with Gasteiger partial charge in [0.15, 0.2) is 0 Å². The molecule has 0 amide bonds. The van der Waals surface area contributed by atoms with Crippen LogP contribution in [0.3, 0.4) is 0 Å². The molecule has 1 saturated heterocycles. The second kappa shape index (κ2) is 4.22. The standard InChI is InChI=1S/C16H23NO2/c1-11-6-12(2)14(13(7-11)18-3)16(9-19-10-16)15(8-17)4-5-15/h6-7H,4-5,8-10,17H2,1-3H3. The second-order valence-corrected chi connectivity index (χ2v) is 6.22. The van der Waals surface area contributed by atoms with E-state index in [0.717, 1.165) is 25.5 Å². The average Bonchev–Trinajstić information content (AvgIpc) is 3.11. The van der Waals surface area contributed by atoms with Gasteiger partial charge in [0.25, 0.3) is 0 Å². The number of nitrogens with two attached hydrogens (primary N) is 1. The maximum atomic E-state index is 6.08. The van der Waals surface area contributed by atoms with Crippen LogP contribution in [0.4, 0.5) is 0 Å². The number of aryl methyl sites for hydroxylation is 2. The highest BCUT2D eigenvalue weighted by molar-refractivity contribution is 5.51. The van der Waals surface area contributed by atoms with E-state index in [1.165, 1.54) is 29.5 Å². The average molecular weight is 261 g/mol. The van der Waals surface area contributed by atoms with E-state index >= 15 is 0 Å². The molecule has 1 saturated carbocycles. The van der Waals surface area contributed by atoms with Gasteiger partial charge in [-0.25, -0.2) is 0 Å². The summed E-state index contributed by atoms with van der Waals surface area (Å²) in [5.41, 5.74) is 10.3. The minimum absolute atomic E-state index is 0.0743. The molecule has 3 rings (SSSR count). The van der Waals surface area contributed by atoms with Crippen molar-refractivity contribution in [3.8, 4) is 5.75 Å². The summed E-state index contributed by atoms with van der Waals surface area (Å²) in [6.07, 6.45) is 2.42. The van der Waals surface area contributed by atoms with Crippen molar-refractivity contribution < 1.29 is 9.47 Å². The summed E-state index contributed by atoms with van der Waals surface area (Å²) in [7, 11) is 1.76. The molecule has 1 aliphatic carbocycles. The Morgan fingerprint density at radius 1 is 1.26 bits per heavy atom. The fourth-order valence-electron chi connectivity index (χ4n) is 3.75. The van der Waals surface area contributed by atoms with Crippen LogP contribution in [-0.2, 0) is 10.2 Å². The van der Waals surface area contributed by atoms with E-state index < -0.39 is 0 Å². The number of hydrogen-bond donors (Lipinski definition) is 1. The molecule has 1 heterocycles. The molecule has 0 spiro atoms. The van der Waals surface area contributed by atoms with Crippen LogP contribution in [-0.4, -0.2) is 26.9 Å². The Morgan fingerprint density at radius 3 is 2.37 bits per heavy atom. The quantitative estimate of drug-likeness (QED) is 0.904. The topological polar surface area (TPSA) is 44.5 Å². The van der Waals surface area contributed by atoms with Crippen LogP contribution in [0, 0.1) is 19.3 Å². The molecule has 2 fully saturated rings. The fraction of sp³-hybridized carbons (Fsp3) is 0.625. The lowest BCUT2D eigenvalue weighted by molar-refractivity contribution is -0.0984. The number of ether oxygens (including phenoxy) is 2. The predicted molar refractivity (Wildman–Crippen MR) is 75.7 cm³/mol. The molecule has 1 aromatic carbocycles. The van der Waals surface area contributed by atoms with Crippen molar-refractivity contribution >= 4 is 0 Å². The van der Waals surface area contributed by atoms with Crippen molar-refractivity contribution in [2.45, 2.75) is 32.1 Å². The molecule has 0 bridgehead atoms. The molecule has 19 heavy (non-hydrogen) atoms. The smallest absolute Gasteiger partial charge is 0.123 e. The van der Waals surface area contributed by atoms with E-state index in [1.54, 1.807) is 7.11 Å². The zero-order chi connectivity index (χ0) is 13.7. The number of hydrogen-bond acceptors (Lipinski definition) is 3. The second-order valence-electron chi connectivity index (χ2n) is 6.22. The summed E-state index contributed by atoms with van der Waals surface area (Å²) in [5, 5.41) is 0. The summed E-state index contributed by atoms with van der Waals surface area (Å²) >= 11 is 0.